The summed E-state index contributed by atoms with van der Waals surface area (Å²) in [5.74, 6) is 2.46. The van der Waals surface area contributed by atoms with Gasteiger partial charge in [0, 0.05) is 19.3 Å². The molecule has 2 aromatic rings. The highest BCUT2D eigenvalue weighted by atomic mass is 15.2. The monoisotopic (exact) mass is 281 g/mol. The molecule has 2 aliphatic rings. The Morgan fingerprint density at radius 2 is 2.38 bits per heavy atom. The maximum atomic E-state index is 9.28. The highest BCUT2D eigenvalue weighted by Gasteiger charge is 2.59. The van der Waals surface area contributed by atoms with Gasteiger partial charge in [-0.25, -0.2) is 9.97 Å². The molecule has 2 fully saturated rings. The van der Waals surface area contributed by atoms with Crippen LogP contribution in [0.4, 0.5) is 5.82 Å². The maximum Gasteiger partial charge on any atom is 0.144 e. The molecule has 108 valence electrons. The average molecular weight is 281 g/mol. The third-order valence-corrected chi connectivity index (χ3v) is 4.99. The zero-order valence-corrected chi connectivity index (χ0v) is 12.4. The zero-order chi connectivity index (χ0) is 14.6. The van der Waals surface area contributed by atoms with E-state index in [2.05, 4.69) is 39.8 Å². The van der Waals surface area contributed by atoms with Crippen LogP contribution in [0.3, 0.4) is 0 Å². The Morgan fingerprint density at radius 3 is 3.14 bits per heavy atom. The molecule has 1 N–H and O–H groups in total. The summed E-state index contributed by atoms with van der Waals surface area (Å²) in [5.41, 5.74) is 1.89. The van der Waals surface area contributed by atoms with Crippen molar-refractivity contribution in [2.45, 2.75) is 26.7 Å². The molecule has 1 saturated carbocycles. The summed E-state index contributed by atoms with van der Waals surface area (Å²) in [4.78, 5) is 14.1. The second kappa shape index (κ2) is 4.20. The molecule has 0 amide bonds. The van der Waals surface area contributed by atoms with Gasteiger partial charge in [0.05, 0.1) is 10.9 Å². The summed E-state index contributed by atoms with van der Waals surface area (Å²) in [6, 6.07) is 2.24. The van der Waals surface area contributed by atoms with Crippen molar-refractivity contribution in [3.05, 3.63) is 18.1 Å². The summed E-state index contributed by atoms with van der Waals surface area (Å²) in [5, 5.41) is 10.2. The minimum atomic E-state index is 0.495. The van der Waals surface area contributed by atoms with E-state index in [1.165, 1.54) is 12.8 Å². The van der Waals surface area contributed by atoms with E-state index in [0.717, 1.165) is 41.8 Å². The van der Waals surface area contributed by atoms with Crippen LogP contribution in [0, 0.1) is 28.6 Å². The lowest BCUT2D eigenvalue weighted by Crippen LogP contribution is -2.26. The first-order valence-corrected chi connectivity index (χ1v) is 7.60. The average Bonchev–Trinajstić information content (AvgIpc) is 2.85. The topological polar surface area (TPSA) is 68.6 Å². The van der Waals surface area contributed by atoms with E-state index in [-0.39, 0.29) is 0 Å². The van der Waals surface area contributed by atoms with Gasteiger partial charge in [0.25, 0.3) is 0 Å². The highest BCUT2D eigenvalue weighted by molar-refractivity contribution is 5.93. The van der Waals surface area contributed by atoms with Crippen LogP contribution in [0.1, 0.15) is 32.3 Å². The van der Waals surface area contributed by atoms with Crippen LogP contribution in [-0.2, 0) is 0 Å². The fourth-order valence-corrected chi connectivity index (χ4v) is 4.16. The maximum absolute atomic E-state index is 9.28. The van der Waals surface area contributed by atoms with Crippen LogP contribution >= 0.6 is 0 Å². The molecular weight excluding hydrogens is 262 g/mol. The van der Waals surface area contributed by atoms with Gasteiger partial charge in [-0.15, -0.1) is 0 Å². The number of aromatic amines is 1. The number of H-pyrrole nitrogens is 1. The largest absolute Gasteiger partial charge is 0.355 e. The molecule has 3 heterocycles. The number of fused-ring (bicyclic) bond motifs is 2. The van der Waals surface area contributed by atoms with Crippen LogP contribution in [0.2, 0.25) is 0 Å². The molecule has 5 nitrogen and oxygen atoms in total. The Hall–Kier alpha value is -2.09. The summed E-state index contributed by atoms with van der Waals surface area (Å²) in [6.07, 6.45) is 5.96. The number of hydrogen-bond acceptors (Lipinski definition) is 4. The Morgan fingerprint density at radius 1 is 1.52 bits per heavy atom. The van der Waals surface area contributed by atoms with Crippen molar-refractivity contribution in [2.24, 2.45) is 17.3 Å². The lowest BCUT2D eigenvalue weighted by Gasteiger charge is -2.23. The summed E-state index contributed by atoms with van der Waals surface area (Å²) in [6.45, 7) is 6.73. The lowest BCUT2D eigenvalue weighted by molar-refractivity contribution is 0.399. The Balaban J connectivity index is 1.70. The summed E-state index contributed by atoms with van der Waals surface area (Å²) in [7, 11) is 0. The Kier molecular flexibility index (Phi) is 2.53. The van der Waals surface area contributed by atoms with E-state index in [1.807, 2.05) is 0 Å². The Labute approximate surface area is 124 Å². The first-order valence-electron chi connectivity index (χ1n) is 7.60. The molecule has 1 aliphatic carbocycles. The number of piperidine rings is 1. The molecule has 0 aromatic carbocycles. The van der Waals surface area contributed by atoms with E-state index in [1.54, 1.807) is 12.5 Å². The number of rotatable bonds is 3. The van der Waals surface area contributed by atoms with E-state index < -0.39 is 0 Å². The first-order chi connectivity index (χ1) is 10.1. The number of nitrogens with one attached hydrogen (secondary N) is 1. The van der Waals surface area contributed by atoms with E-state index in [4.69, 9.17) is 0 Å². The van der Waals surface area contributed by atoms with Gasteiger partial charge < -0.3 is 9.88 Å². The molecule has 5 heteroatoms. The van der Waals surface area contributed by atoms with Crippen LogP contribution < -0.4 is 4.90 Å². The fraction of sp³-hybridized carbons (Fsp3) is 0.562. The van der Waals surface area contributed by atoms with Crippen molar-refractivity contribution < 1.29 is 0 Å². The van der Waals surface area contributed by atoms with Crippen molar-refractivity contribution in [1.29, 1.82) is 5.26 Å². The second-order valence-corrected chi connectivity index (χ2v) is 6.98. The minimum absolute atomic E-state index is 0.495. The van der Waals surface area contributed by atoms with Crippen molar-refractivity contribution in [2.75, 3.05) is 18.0 Å². The van der Waals surface area contributed by atoms with Gasteiger partial charge in [-0.3, -0.25) is 0 Å². The normalized spacial score (nSPS) is 27.1. The van der Waals surface area contributed by atoms with E-state index >= 15 is 0 Å². The van der Waals surface area contributed by atoms with E-state index in [9.17, 15) is 5.26 Å². The molecule has 21 heavy (non-hydrogen) atoms. The van der Waals surface area contributed by atoms with Crippen LogP contribution in [0.25, 0.3) is 11.0 Å². The van der Waals surface area contributed by atoms with E-state index in [0.29, 0.717) is 11.0 Å². The second-order valence-electron chi connectivity index (χ2n) is 6.98. The predicted molar refractivity (Wildman–Crippen MR) is 80.8 cm³/mol. The third kappa shape index (κ3) is 1.82. The fourth-order valence-electron chi connectivity index (χ4n) is 4.16. The zero-order valence-electron chi connectivity index (χ0n) is 12.4. The van der Waals surface area contributed by atoms with Crippen LogP contribution in [0.5, 0.6) is 0 Å². The lowest BCUT2D eigenvalue weighted by atomic mass is 9.93. The van der Waals surface area contributed by atoms with Crippen molar-refractivity contribution >= 4 is 16.9 Å². The molecule has 1 aliphatic heterocycles. The van der Waals surface area contributed by atoms with Crippen LogP contribution in [-0.4, -0.2) is 28.0 Å². The van der Waals surface area contributed by atoms with Gasteiger partial charge in [-0.2, -0.15) is 5.26 Å². The number of hydrogen-bond donors (Lipinski definition) is 1. The first kappa shape index (κ1) is 12.6. The molecule has 0 radical (unpaired) electrons. The molecule has 2 unspecified atom stereocenters. The molecule has 2 aromatic heterocycles. The molecule has 4 rings (SSSR count). The van der Waals surface area contributed by atoms with Crippen molar-refractivity contribution in [1.82, 2.24) is 15.0 Å². The quantitative estimate of drug-likeness (QED) is 0.939. The third-order valence-electron chi connectivity index (χ3n) is 4.99. The SMILES string of the molecule is CC(C)CC12CC1CN(c1ncnc3[nH]cc(C#N)c13)C2. The van der Waals surface area contributed by atoms with Gasteiger partial charge in [0.15, 0.2) is 0 Å². The molecule has 1 saturated heterocycles. The number of aromatic nitrogens is 3. The molecule has 0 spiro atoms. The number of nitriles is 1. The van der Waals surface area contributed by atoms with Gasteiger partial charge >= 0.3 is 0 Å². The highest BCUT2D eigenvalue weighted by Crippen LogP contribution is 2.61. The molecule has 0 bridgehead atoms. The molecule has 2 atom stereocenters. The van der Waals surface area contributed by atoms with Gasteiger partial charge in [-0.1, -0.05) is 13.8 Å². The minimum Gasteiger partial charge on any atom is -0.355 e. The molecular formula is C16H19N5. The Bertz CT molecular complexity index is 741. The van der Waals surface area contributed by atoms with Gasteiger partial charge in [0.2, 0.25) is 0 Å². The van der Waals surface area contributed by atoms with Gasteiger partial charge in [-0.05, 0) is 30.1 Å². The number of nitrogens with zero attached hydrogens (tertiary/aromatic N) is 4. The predicted octanol–water partition coefficient (Wildman–Crippen LogP) is 2.70. The number of anilines is 1. The standard InChI is InChI=1S/C16H19N5/c1-10(2)3-16-4-12(16)7-21(8-16)15-13-11(5-17)6-18-14(13)19-9-20-15/h6,9-10,12H,3-4,7-8H2,1-2H3,(H,18,19,20). The van der Waals surface area contributed by atoms with Crippen molar-refractivity contribution in [3.8, 4) is 6.07 Å². The summed E-state index contributed by atoms with van der Waals surface area (Å²) < 4.78 is 0. The van der Waals surface area contributed by atoms with Crippen molar-refractivity contribution in [3.63, 3.8) is 0 Å². The summed E-state index contributed by atoms with van der Waals surface area (Å²) >= 11 is 0. The van der Waals surface area contributed by atoms with Crippen LogP contribution in [0.15, 0.2) is 12.5 Å². The smallest absolute Gasteiger partial charge is 0.144 e. The van der Waals surface area contributed by atoms with Gasteiger partial charge in [0.1, 0.15) is 23.9 Å².